The molecule has 236 valence electrons. The number of aromatic nitrogens is 1. The van der Waals surface area contributed by atoms with Crippen LogP contribution >= 0.6 is 0 Å². The van der Waals surface area contributed by atoms with Crippen LogP contribution in [0.25, 0.3) is 22.2 Å². The zero-order chi connectivity index (χ0) is 32.4. The Kier molecular flexibility index (Phi) is 8.47. The molecule has 11 heteroatoms. The van der Waals surface area contributed by atoms with Crippen LogP contribution in [0.4, 0.5) is 5.69 Å². The van der Waals surface area contributed by atoms with Gasteiger partial charge >= 0.3 is 5.97 Å². The van der Waals surface area contributed by atoms with E-state index in [2.05, 4.69) is 21.3 Å². The lowest BCUT2D eigenvalue weighted by molar-refractivity contribution is -0.634. The van der Waals surface area contributed by atoms with Crippen LogP contribution in [0.2, 0.25) is 0 Å². The lowest BCUT2D eigenvalue weighted by Crippen LogP contribution is -2.58. The maximum atomic E-state index is 13.0. The molecule has 0 radical (unpaired) electrons. The Labute approximate surface area is 266 Å². The molecule has 1 atom stereocenters. The van der Waals surface area contributed by atoms with E-state index in [-0.39, 0.29) is 18.4 Å². The van der Waals surface area contributed by atoms with E-state index in [1.807, 2.05) is 48.4 Å². The molecule has 3 heterocycles. The monoisotopic (exact) mass is 623 g/mol. The molecule has 2 aliphatic heterocycles. The highest BCUT2D eigenvalue weighted by atomic mass is 16.5. The predicted octanol–water partition coefficient (Wildman–Crippen LogP) is 2.97. The number of aliphatic carboxylic acids is 1. The van der Waals surface area contributed by atoms with E-state index in [1.54, 1.807) is 50.7 Å². The second-order valence-electron chi connectivity index (χ2n) is 11.3. The molecule has 1 fully saturated rings. The summed E-state index contributed by atoms with van der Waals surface area (Å²) in [4.78, 5) is 39.4. The van der Waals surface area contributed by atoms with Gasteiger partial charge in [0.2, 0.25) is 17.1 Å². The largest absolute Gasteiger partial charge is 0.493 e. The summed E-state index contributed by atoms with van der Waals surface area (Å²) in [6, 6.07) is 10.8. The fourth-order valence-corrected chi connectivity index (χ4v) is 5.88. The molecule has 3 aromatic rings. The molecule has 6 rings (SSSR count). The van der Waals surface area contributed by atoms with Crippen molar-refractivity contribution in [2.45, 2.75) is 12.6 Å². The van der Waals surface area contributed by atoms with E-state index in [4.69, 9.17) is 14.2 Å². The van der Waals surface area contributed by atoms with Crippen molar-refractivity contribution in [3.63, 3.8) is 0 Å². The fraction of sp³-hybridized carbons (Fsp3) is 0.257. The molecule has 1 unspecified atom stereocenters. The number of anilines is 1. The molecule has 0 spiro atoms. The first kappa shape index (κ1) is 30.4. The number of aryl methyl sites for hydroxylation is 1. The minimum Gasteiger partial charge on any atom is -0.493 e. The van der Waals surface area contributed by atoms with Gasteiger partial charge in [-0.2, -0.15) is 4.57 Å². The van der Waals surface area contributed by atoms with Gasteiger partial charge in [-0.1, -0.05) is 30.4 Å². The summed E-state index contributed by atoms with van der Waals surface area (Å²) < 4.78 is 19.3. The molecule has 2 amide bonds. The average Bonchev–Trinajstić information content (AvgIpc) is 3.01. The van der Waals surface area contributed by atoms with E-state index in [0.29, 0.717) is 36.8 Å². The third-order valence-corrected chi connectivity index (χ3v) is 8.42. The van der Waals surface area contributed by atoms with Crippen LogP contribution in [0.5, 0.6) is 17.2 Å². The van der Waals surface area contributed by atoms with Crippen LogP contribution < -0.4 is 34.3 Å². The number of fused-ring (bicyclic) bond motifs is 4. The van der Waals surface area contributed by atoms with Crippen molar-refractivity contribution >= 4 is 34.4 Å². The summed E-state index contributed by atoms with van der Waals surface area (Å²) in [5.41, 5.74) is 5.35. The van der Waals surface area contributed by atoms with Crippen LogP contribution in [0.3, 0.4) is 0 Å². The lowest BCUT2D eigenvalue weighted by atomic mass is 9.95. The summed E-state index contributed by atoms with van der Waals surface area (Å²) in [7, 11) is 5.26. The van der Waals surface area contributed by atoms with Gasteiger partial charge in [-0.05, 0) is 36.4 Å². The van der Waals surface area contributed by atoms with Crippen LogP contribution in [0.1, 0.15) is 5.56 Å². The van der Waals surface area contributed by atoms with E-state index in [1.165, 1.54) is 0 Å². The number of benzene rings is 2. The van der Waals surface area contributed by atoms with Crippen LogP contribution in [-0.2, 0) is 28.0 Å². The van der Waals surface area contributed by atoms with Crippen LogP contribution in [0, 0.1) is 5.92 Å². The first-order valence-corrected chi connectivity index (χ1v) is 14.9. The number of allylic oxidation sites excluding steroid dienone is 6. The second-order valence-corrected chi connectivity index (χ2v) is 11.3. The topological polar surface area (TPSA) is 130 Å². The minimum atomic E-state index is -1.26. The standard InChI is InChI=1S/C35H34N4O7/c1-38-28-16-31(45-3)30(44-2)14-22(28)13-23-20-46-29-15-25(11-12-26(29)32(23)38)39-18-24(19-39)34(41)37-27(35(42)43)17-36-33(40)21-9-7-5-4-6-8-10-21/h4-16,24,27H,17-20H2,1-3H3,(H2-,36,37,40,41,42,43)/p+1/b5-4-,6-4?,7-5?,8-6-,9-7?,10-8?,21-9?,21-10?. The van der Waals surface area contributed by atoms with E-state index in [9.17, 15) is 19.5 Å². The summed E-state index contributed by atoms with van der Waals surface area (Å²) in [6.07, 6.45) is 12.1. The average molecular weight is 624 g/mol. The molecule has 0 saturated carbocycles. The molecule has 11 nitrogen and oxygen atoms in total. The molecule has 1 aromatic heterocycles. The van der Waals surface area contributed by atoms with Crippen molar-refractivity contribution in [3.05, 3.63) is 90.1 Å². The molecular weight excluding hydrogens is 588 g/mol. The van der Waals surface area contributed by atoms with Gasteiger partial charge in [0.15, 0.2) is 11.5 Å². The zero-order valence-corrected chi connectivity index (χ0v) is 25.8. The van der Waals surface area contributed by atoms with Crippen molar-refractivity contribution in [2.75, 3.05) is 38.8 Å². The van der Waals surface area contributed by atoms with Crippen LogP contribution in [0.15, 0.2) is 84.5 Å². The predicted molar refractivity (Wildman–Crippen MR) is 172 cm³/mol. The van der Waals surface area contributed by atoms with E-state index in [0.717, 1.165) is 39.2 Å². The van der Waals surface area contributed by atoms with Gasteiger partial charge in [0.05, 0.1) is 42.7 Å². The normalized spacial score (nSPS) is 17.1. The molecular formula is C35H35N4O7+. The van der Waals surface area contributed by atoms with E-state index < -0.39 is 17.9 Å². The van der Waals surface area contributed by atoms with Crippen molar-refractivity contribution < 1.29 is 38.3 Å². The van der Waals surface area contributed by atoms with Gasteiger partial charge in [-0.25, -0.2) is 4.79 Å². The van der Waals surface area contributed by atoms with Crippen molar-refractivity contribution in [3.8, 4) is 28.5 Å². The second kappa shape index (κ2) is 12.8. The Morgan fingerprint density at radius 2 is 1.76 bits per heavy atom. The number of hydrogen-bond donors (Lipinski definition) is 3. The molecule has 1 saturated heterocycles. The number of rotatable bonds is 9. The number of nitrogens with one attached hydrogen (secondary N) is 2. The number of nitrogens with zero attached hydrogens (tertiary/aromatic N) is 2. The SMILES string of the molecule is COc1cc2cc3c([n+](C)c2cc1OC)-c1ccc(N2CC(C(=O)NC(CNC(=O)C4=C/C=C\C=C/C=C4)C(=O)O)C2)cc1OC3. The smallest absolute Gasteiger partial charge is 0.328 e. The summed E-state index contributed by atoms with van der Waals surface area (Å²) in [5.74, 6) is -0.346. The molecule has 0 bridgehead atoms. The van der Waals surface area contributed by atoms with Gasteiger partial charge in [-0.3, -0.25) is 9.59 Å². The number of carbonyl (C=O) groups excluding carboxylic acids is 2. The highest BCUT2D eigenvalue weighted by Gasteiger charge is 2.36. The minimum absolute atomic E-state index is 0.238. The zero-order valence-electron chi connectivity index (χ0n) is 25.8. The summed E-state index contributed by atoms with van der Waals surface area (Å²) in [5, 5.41) is 15.9. The number of carboxylic acid groups (broad SMARTS) is 1. The van der Waals surface area contributed by atoms with Gasteiger partial charge < -0.3 is 34.9 Å². The number of pyridine rings is 1. The molecule has 1 aliphatic carbocycles. The quantitative estimate of drug-likeness (QED) is 0.311. The molecule has 3 aliphatic rings. The van der Waals surface area contributed by atoms with Gasteiger partial charge in [0, 0.05) is 37.0 Å². The number of ether oxygens (including phenoxy) is 3. The Morgan fingerprint density at radius 1 is 1.02 bits per heavy atom. The highest BCUT2D eigenvalue weighted by molar-refractivity contribution is 5.97. The van der Waals surface area contributed by atoms with Crippen molar-refractivity contribution in [1.82, 2.24) is 10.6 Å². The number of amides is 2. The Morgan fingerprint density at radius 3 is 2.52 bits per heavy atom. The first-order chi connectivity index (χ1) is 22.3. The molecule has 46 heavy (non-hydrogen) atoms. The fourth-order valence-electron chi connectivity index (χ4n) is 5.88. The number of methoxy groups -OCH3 is 2. The Balaban J connectivity index is 1.10. The van der Waals surface area contributed by atoms with Crippen LogP contribution in [-0.4, -0.2) is 62.8 Å². The maximum absolute atomic E-state index is 13.0. The van der Waals surface area contributed by atoms with Gasteiger partial charge in [0.25, 0.3) is 5.91 Å². The Bertz CT molecular complexity index is 1850. The summed E-state index contributed by atoms with van der Waals surface area (Å²) in [6.45, 7) is 1.02. The Hall–Kier alpha value is -5.58. The number of hydrogen-bond acceptors (Lipinski definition) is 7. The first-order valence-electron chi connectivity index (χ1n) is 14.9. The third-order valence-electron chi connectivity index (χ3n) is 8.42. The lowest BCUT2D eigenvalue weighted by Gasteiger charge is -2.40. The summed E-state index contributed by atoms with van der Waals surface area (Å²) >= 11 is 0. The maximum Gasteiger partial charge on any atom is 0.328 e. The van der Waals surface area contributed by atoms with Crippen molar-refractivity contribution in [2.24, 2.45) is 13.0 Å². The highest BCUT2D eigenvalue weighted by Crippen LogP contribution is 2.41. The van der Waals surface area contributed by atoms with Gasteiger partial charge in [0.1, 0.15) is 25.4 Å². The number of carbonyl (C=O) groups is 3. The molecule has 2 aromatic carbocycles. The van der Waals surface area contributed by atoms with Gasteiger partial charge in [-0.15, -0.1) is 0 Å². The third kappa shape index (κ3) is 5.91. The number of carboxylic acids is 1. The van der Waals surface area contributed by atoms with E-state index >= 15 is 0 Å². The molecule has 3 N–H and O–H groups in total. The van der Waals surface area contributed by atoms with Crippen molar-refractivity contribution in [1.29, 1.82) is 0 Å².